The summed E-state index contributed by atoms with van der Waals surface area (Å²) in [7, 11) is 1.36. The summed E-state index contributed by atoms with van der Waals surface area (Å²) in [6, 6.07) is 10.2. The summed E-state index contributed by atoms with van der Waals surface area (Å²) >= 11 is 6.20. The smallest absolute Gasteiger partial charge is 0.335 e. The van der Waals surface area contributed by atoms with Crippen LogP contribution in [-0.4, -0.2) is 37.5 Å². The molecule has 0 aliphatic carbocycles. The summed E-state index contributed by atoms with van der Waals surface area (Å²) in [4.78, 5) is 49.2. The Balaban J connectivity index is 1.99. The Hall–Kier alpha value is -3.85. The van der Waals surface area contributed by atoms with Crippen molar-refractivity contribution in [2.75, 3.05) is 18.6 Å². The molecule has 0 saturated carbocycles. The van der Waals surface area contributed by atoms with Gasteiger partial charge in [-0.05, 0) is 35.9 Å². The van der Waals surface area contributed by atoms with Crippen LogP contribution >= 0.6 is 11.6 Å². The van der Waals surface area contributed by atoms with E-state index in [-0.39, 0.29) is 22.1 Å². The molecule has 2 aromatic carbocycles. The third-order valence-electron chi connectivity index (χ3n) is 4.04. The van der Waals surface area contributed by atoms with Crippen LogP contribution in [0.15, 0.2) is 48.0 Å². The molecule has 0 radical (unpaired) electrons. The number of hydrogen-bond acceptors (Lipinski definition) is 6. The highest BCUT2D eigenvalue weighted by molar-refractivity contribution is 6.39. The van der Waals surface area contributed by atoms with Crippen molar-refractivity contribution in [3.8, 4) is 11.5 Å². The largest absolute Gasteiger partial charge is 0.493 e. The maximum atomic E-state index is 12.9. The third-order valence-corrected chi connectivity index (χ3v) is 4.32. The summed E-state index contributed by atoms with van der Waals surface area (Å²) in [5.41, 5.74) is 5.44. The monoisotopic (exact) mass is 429 g/mol. The Bertz CT molecular complexity index is 1070. The number of benzene rings is 2. The van der Waals surface area contributed by atoms with Gasteiger partial charge in [0.05, 0.1) is 17.8 Å². The molecule has 1 aliphatic heterocycles. The number of halogens is 1. The molecule has 3 N–H and O–H groups in total. The van der Waals surface area contributed by atoms with Crippen molar-refractivity contribution in [3.63, 3.8) is 0 Å². The van der Waals surface area contributed by atoms with Crippen LogP contribution in [0, 0.1) is 0 Å². The molecule has 0 atom stereocenters. The predicted octanol–water partition coefficient (Wildman–Crippen LogP) is 1.88. The predicted molar refractivity (Wildman–Crippen MR) is 108 cm³/mol. The number of hydrogen-bond donors (Lipinski definition) is 2. The van der Waals surface area contributed by atoms with Gasteiger partial charge in [-0.3, -0.25) is 19.7 Å². The van der Waals surface area contributed by atoms with Gasteiger partial charge >= 0.3 is 6.03 Å². The van der Waals surface area contributed by atoms with Gasteiger partial charge < -0.3 is 15.2 Å². The van der Waals surface area contributed by atoms with E-state index in [0.29, 0.717) is 11.3 Å². The van der Waals surface area contributed by atoms with E-state index >= 15 is 0 Å². The molecule has 1 aliphatic rings. The zero-order valence-electron chi connectivity index (χ0n) is 15.7. The molecule has 1 heterocycles. The average Bonchev–Trinajstić information content (AvgIpc) is 2.70. The number of carbonyl (C=O) groups excluding carboxylic acids is 4. The Kier molecular flexibility index (Phi) is 6.03. The maximum absolute atomic E-state index is 12.9. The highest BCUT2D eigenvalue weighted by Crippen LogP contribution is 2.37. The number of nitrogens with two attached hydrogens (primary N) is 1. The summed E-state index contributed by atoms with van der Waals surface area (Å²) in [5, 5.41) is 2.21. The molecule has 3 rings (SSSR count). The minimum atomic E-state index is -0.848. The number of rotatable bonds is 6. The first-order chi connectivity index (χ1) is 14.3. The van der Waals surface area contributed by atoms with E-state index in [1.807, 2.05) is 0 Å². The maximum Gasteiger partial charge on any atom is 0.335 e. The quantitative estimate of drug-likeness (QED) is 0.533. The molecule has 0 spiro atoms. The molecule has 1 saturated heterocycles. The average molecular weight is 430 g/mol. The number of carbonyl (C=O) groups is 4. The highest BCUT2D eigenvalue weighted by atomic mass is 35.5. The number of anilines is 1. The van der Waals surface area contributed by atoms with Crippen molar-refractivity contribution in [2.45, 2.75) is 0 Å². The Morgan fingerprint density at radius 2 is 1.90 bits per heavy atom. The zero-order valence-corrected chi connectivity index (χ0v) is 16.4. The number of nitrogens with zero attached hydrogens (tertiary/aromatic N) is 1. The van der Waals surface area contributed by atoms with Gasteiger partial charge in [0.2, 0.25) is 0 Å². The summed E-state index contributed by atoms with van der Waals surface area (Å²) in [6.45, 7) is -0.411. The summed E-state index contributed by atoms with van der Waals surface area (Å²) < 4.78 is 10.5. The van der Waals surface area contributed by atoms with Gasteiger partial charge in [-0.15, -0.1) is 0 Å². The number of urea groups is 1. The van der Waals surface area contributed by atoms with Gasteiger partial charge in [0.15, 0.2) is 18.1 Å². The molecule has 10 heteroatoms. The second kappa shape index (κ2) is 8.66. The van der Waals surface area contributed by atoms with E-state index in [2.05, 4.69) is 5.32 Å². The fourth-order valence-corrected chi connectivity index (χ4v) is 3.02. The molecule has 0 aromatic heterocycles. The van der Waals surface area contributed by atoms with Crippen LogP contribution < -0.4 is 25.4 Å². The standard InChI is InChI=1S/C20H16ClN3O6/c1-29-15-9-11(8-14(21)17(15)30-10-16(22)25)7-13-18(26)23-20(28)24(19(13)27)12-5-3-2-4-6-12/h2-9H,10H2,1H3,(H2,22,25)(H,23,26,28)/b13-7+. The number of nitrogens with one attached hydrogen (secondary N) is 1. The number of imide groups is 2. The fraction of sp³-hybridized carbons (Fsp3) is 0.100. The number of primary amides is 1. The van der Waals surface area contributed by atoms with Gasteiger partial charge in [0.25, 0.3) is 17.7 Å². The number of amides is 5. The van der Waals surface area contributed by atoms with Crippen molar-refractivity contribution < 1.29 is 28.7 Å². The van der Waals surface area contributed by atoms with Crippen LogP contribution in [0.2, 0.25) is 5.02 Å². The lowest BCUT2D eigenvalue weighted by Gasteiger charge is -2.26. The van der Waals surface area contributed by atoms with Gasteiger partial charge in [-0.1, -0.05) is 29.8 Å². The lowest BCUT2D eigenvalue weighted by Crippen LogP contribution is -2.54. The minimum Gasteiger partial charge on any atom is -0.493 e. The number of methoxy groups -OCH3 is 1. The molecule has 0 unspecified atom stereocenters. The SMILES string of the molecule is COc1cc(/C=C2\C(=O)NC(=O)N(c3ccccc3)C2=O)cc(Cl)c1OCC(N)=O. The topological polar surface area (TPSA) is 128 Å². The van der Waals surface area contributed by atoms with E-state index < -0.39 is 30.4 Å². The van der Waals surface area contributed by atoms with Crippen molar-refractivity contribution in [1.29, 1.82) is 0 Å². The fourth-order valence-electron chi connectivity index (χ4n) is 2.74. The van der Waals surface area contributed by atoms with Gasteiger partial charge in [0.1, 0.15) is 5.57 Å². The van der Waals surface area contributed by atoms with Crippen molar-refractivity contribution in [3.05, 3.63) is 58.6 Å². The van der Waals surface area contributed by atoms with E-state index in [9.17, 15) is 19.2 Å². The van der Waals surface area contributed by atoms with Crippen molar-refractivity contribution in [2.24, 2.45) is 5.73 Å². The molecule has 0 bridgehead atoms. The molecule has 9 nitrogen and oxygen atoms in total. The summed E-state index contributed by atoms with van der Waals surface area (Å²) in [6.07, 6.45) is 1.27. The number of ether oxygens (including phenoxy) is 2. The Labute approximate surface area is 176 Å². The van der Waals surface area contributed by atoms with Crippen LogP contribution in [0.3, 0.4) is 0 Å². The first-order valence-corrected chi connectivity index (χ1v) is 8.94. The Morgan fingerprint density at radius 3 is 2.53 bits per heavy atom. The lowest BCUT2D eigenvalue weighted by atomic mass is 10.1. The van der Waals surface area contributed by atoms with Gasteiger partial charge in [-0.2, -0.15) is 0 Å². The molecule has 2 aromatic rings. The number of para-hydroxylation sites is 1. The third kappa shape index (κ3) is 4.26. The highest BCUT2D eigenvalue weighted by Gasteiger charge is 2.36. The summed E-state index contributed by atoms with van der Waals surface area (Å²) in [5.74, 6) is -2.09. The zero-order chi connectivity index (χ0) is 21.8. The van der Waals surface area contributed by atoms with Crippen molar-refractivity contribution in [1.82, 2.24) is 5.32 Å². The molecular formula is C20H16ClN3O6. The normalized spacial score (nSPS) is 15.2. The molecule has 5 amide bonds. The van der Waals surface area contributed by atoms with Crippen LogP contribution in [-0.2, 0) is 14.4 Å². The molecule has 154 valence electrons. The van der Waals surface area contributed by atoms with Gasteiger partial charge in [-0.25, -0.2) is 9.69 Å². The first-order valence-electron chi connectivity index (χ1n) is 8.57. The Morgan fingerprint density at radius 1 is 1.20 bits per heavy atom. The number of barbiturate groups is 1. The molecule has 1 fully saturated rings. The first kappa shape index (κ1) is 20.9. The van der Waals surface area contributed by atoms with E-state index in [0.717, 1.165) is 4.90 Å². The second-order valence-electron chi connectivity index (χ2n) is 6.08. The van der Waals surface area contributed by atoms with Crippen LogP contribution in [0.4, 0.5) is 10.5 Å². The van der Waals surface area contributed by atoms with Crippen LogP contribution in [0.25, 0.3) is 6.08 Å². The molecular weight excluding hydrogens is 414 g/mol. The second-order valence-corrected chi connectivity index (χ2v) is 6.49. The lowest BCUT2D eigenvalue weighted by molar-refractivity contribution is -0.123. The minimum absolute atomic E-state index is 0.0714. The van der Waals surface area contributed by atoms with E-state index in [1.54, 1.807) is 30.3 Å². The van der Waals surface area contributed by atoms with Crippen LogP contribution in [0.5, 0.6) is 11.5 Å². The van der Waals surface area contributed by atoms with Gasteiger partial charge in [0, 0.05) is 0 Å². The van der Waals surface area contributed by atoms with E-state index in [1.165, 1.54) is 25.3 Å². The van der Waals surface area contributed by atoms with Crippen molar-refractivity contribution >= 4 is 47.1 Å². The van der Waals surface area contributed by atoms with Crippen LogP contribution in [0.1, 0.15) is 5.56 Å². The molecule has 30 heavy (non-hydrogen) atoms. The van der Waals surface area contributed by atoms with E-state index in [4.69, 9.17) is 26.8 Å².